The molecule has 0 saturated carbocycles. The first kappa shape index (κ1) is 15.0. The number of hydrogen-bond acceptors (Lipinski definition) is 2. The zero-order valence-electron chi connectivity index (χ0n) is 12.2. The molecule has 0 spiro atoms. The topological polar surface area (TPSA) is 15.3 Å². The van der Waals surface area contributed by atoms with Gasteiger partial charge in [-0.1, -0.05) is 39.5 Å². The number of unbranched alkanes of at least 4 members (excludes halogenated alkanes) is 1. The molecular formula is C15H32N2. The smallest absolute Gasteiger partial charge is 0.0217 e. The Balaban J connectivity index is 2.12. The SMILES string of the molecule is CCCCC(CC)CNCC1CCCCN1C. The van der Waals surface area contributed by atoms with Crippen molar-refractivity contribution >= 4 is 0 Å². The zero-order valence-corrected chi connectivity index (χ0v) is 12.2. The van der Waals surface area contributed by atoms with Gasteiger partial charge in [0.25, 0.3) is 0 Å². The van der Waals surface area contributed by atoms with Crippen LogP contribution in [0.5, 0.6) is 0 Å². The molecule has 0 bridgehead atoms. The molecule has 1 heterocycles. The van der Waals surface area contributed by atoms with Gasteiger partial charge in [0.15, 0.2) is 0 Å². The summed E-state index contributed by atoms with van der Waals surface area (Å²) in [5.41, 5.74) is 0. The van der Waals surface area contributed by atoms with Crippen LogP contribution in [-0.2, 0) is 0 Å². The van der Waals surface area contributed by atoms with Crippen LogP contribution in [0.25, 0.3) is 0 Å². The first-order valence-electron chi connectivity index (χ1n) is 7.68. The first-order chi connectivity index (χ1) is 8.27. The van der Waals surface area contributed by atoms with Crippen molar-refractivity contribution in [1.82, 2.24) is 10.2 Å². The van der Waals surface area contributed by atoms with Gasteiger partial charge in [0, 0.05) is 12.6 Å². The first-order valence-corrected chi connectivity index (χ1v) is 7.68. The Morgan fingerprint density at radius 3 is 2.76 bits per heavy atom. The Kier molecular flexibility index (Phi) is 7.87. The van der Waals surface area contributed by atoms with Gasteiger partial charge in [0.2, 0.25) is 0 Å². The minimum atomic E-state index is 0.785. The Hall–Kier alpha value is -0.0800. The standard InChI is InChI=1S/C15H32N2/c1-4-6-9-14(5-2)12-16-13-15-10-7-8-11-17(15)3/h14-16H,4-13H2,1-3H3. The molecule has 0 amide bonds. The highest BCUT2D eigenvalue weighted by Crippen LogP contribution is 2.15. The van der Waals surface area contributed by atoms with Crippen molar-refractivity contribution < 1.29 is 0 Å². The van der Waals surface area contributed by atoms with Crippen LogP contribution >= 0.6 is 0 Å². The number of rotatable bonds is 8. The molecule has 0 radical (unpaired) electrons. The molecule has 0 aliphatic carbocycles. The van der Waals surface area contributed by atoms with Gasteiger partial charge in [-0.3, -0.25) is 0 Å². The molecule has 1 saturated heterocycles. The van der Waals surface area contributed by atoms with E-state index in [1.807, 2.05) is 0 Å². The average molecular weight is 240 g/mol. The molecular weight excluding hydrogens is 208 g/mol. The zero-order chi connectivity index (χ0) is 12.5. The number of likely N-dealkylation sites (N-methyl/N-ethyl adjacent to an activating group) is 1. The lowest BCUT2D eigenvalue weighted by atomic mass is 9.98. The van der Waals surface area contributed by atoms with Gasteiger partial charge in [-0.05, 0) is 45.3 Å². The molecule has 0 aromatic carbocycles. The fourth-order valence-electron chi connectivity index (χ4n) is 2.80. The van der Waals surface area contributed by atoms with Crippen LogP contribution in [0.1, 0.15) is 58.8 Å². The third-order valence-electron chi connectivity index (χ3n) is 4.28. The summed E-state index contributed by atoms with van der Waals surface area (Å²) in [5.74, 6) is 0.892. The predicted molar refractivity (Wildman–Crippen MR) is 76.4 cm³/mol. The Labute approximate surface area is 108 Å². The molecule has 102 valence electrons. The van der Waals surface area contributed by atoms with Crippen molar-refractivity contribution in [2.75, 3.05) is 26.7 Å². The second-order valence-electron chi connectivity index (χ2n) is 5.70. The minimum Gasteiger partial charge on any atom is -0.315 e. The second-order valence-corrected chi connectivity index (χ2v) is 5.70. The van der Waals surface area contributed by atoms with Gasteiger partial charge in [-0.2, -0.15) is 0 Å². The van der Waals surface area contributed by atoms with Gasteiger partial charge in [0.05, 0.1) is 0 Å². The van der Waals surface area contributed by atoms with E-state index in [-0.39, 0.29) is 0 Å². The quantitative estimate of drug-likeness (QED) is 0.700. The van der Waals surface area contributed by atoms with Crippen LogP contribution in [0.2, 0.25) is 0 Å². The lowest BCUT2D eigenvalue weighted by Crippen LogP contribution is -2.43. The fourth-order valence-corrected chi connectivity index (χ4v) is 2.80. The Morgan fingerprint density at radius 1 is 1.29 bits per heavy atom. The van der Waals surface area contributed by atoms with E-state index in [2.05, 4.69) is 31.1 Å². The summed E-state index contributed by atoms with van der Waals surface area (Å²) >= 11 is 0. The molecule has 1 aliphatic rings. The highest BCUT2D eigenvalue weighted by molar-refractivity contribution is 4.76. The molecule has 2 nitrogen and oxygen atoms in total. The maximum atomic E-state index is 3.70. The number of hydrogen-bond donors (Lipinski definition) is 1. The van der Waals surface area contributed by atoms with E-state index in [1.165, 1.54) is 64.6 Å². The van der Waals surface area contributed by atoms with Crippen molar-refractivity contribution in [2.45, 2.75) is 64.8 Å². The van der Waals surface area contributed by atoms with E-state index in [9.17, 15) is 0 Å². The van der Waals surface area contributed by atoms with Crippen molar-refractivity contribution in [1.29, 1.82) is 0 Å². The third kappa shape index (κ3) is 5.87. The van der Waals surface area contributed by atoms with Gasteiger partial charge < -0.3 is 10.2 Å². The number of piperidine rings is 1. The summed E-state index contributed by atoms with van der Waals surface area (Å²) in [4.78, 5) is 2.53. The largest absolute Gasteiger partial charge is 0.315 e. The van der Waals surface area contributed by atoms with Gasteiger partial charge >= 0.3 is 0 Å². The number of likely N-dealkylation sites (tertiary alicyclic amines) is 1. The molecule has 2 unspecified atom stereocenters. The number of nitrogens with one attached hydrogen (secondary N) is 1. The van der Waals surface area contributed by atoms with Crippen LogP contribution in [-0.4, -0.2) is 37.6 Å². The van der Waals surface area contributed by atoms with Crippen molar-refractivity contribution in [3.63, 3.8) is 0 Å². The molecule has 1 N–H and O–H groups in total. The molecule has 0 aromatic heterocycles. The van der Waals surface area contributed by atoms with Gasteiger partial charge in [-0.15, -0.1) is 0 Å². The lowest BCUT2D eigenvalue weighted by Gasteiger charge is -2.33. The molecule has 1 aliphatic heterocycles. The maximum Gasteiger partial charge on any atom is 0.0217 e. The van der Waals surface area contributed by atoms with Gasteiger partial charge in [-0.25, -0.2) is 0 Å². The molecule has 17 heavy (non-hydrogen) atoms. The van der Waals surface area contributed by atoms with Crippen LogP contribution in [0, 0.1) is 5.92 Å². The molecule has 2 heteroatoms. The highest BCUT2D eigenvalue weighted by Gasteiger charge is 2.18. The van der Waals surface area contributed by atoms with Crippen LogP contribution < -0.4 is 5.32 Å². The minimum absolute atomic E-state index is 0.785. The van der Waals surface area contributed by atoms with Gasteiger partial charge in [0.1, 0.15) is 0 Å². The fraction of sp³-hybridized carbons (Fsp3) is 1.00. The van der Waals surface area contributed by atoms with Crippen LogP contribution in [0.15, 0.2) is 0 Å². The highest BCUT2D eigenvalue weighted by atomic mass is 15.2. The van der Waals surface area contributed by atoms with Crippen molar-refractivity contribution in [3.8, 4) is 0 Å². The molecule has 2 atom stereocenters. The Morgan fingerprint density at radius 2 is 2.12 bits per heavy atom. The monoisotopic (exact) mass is 240 g/mol. The van der Waals surface area contributed by atoms with E-state index in [0.29, 0.717) is 0 Å². The van der Waals surface area contributed by atoms with Crippen molar-refractivity contribution in [2.24, 2.45) is 5.92 Å². The molecule has 1 fully saturated rings. The van der Waals surface area contributed by atoms with E-state index < -0.39 is 0 Å². The Bertz CT molecular complexity index is 182. The summed E-state index contributed by atoms with van der Waals surface area (Å²) in [7, 11) is 2.28. The maximum absolute atomic E-state index is 3.70. The van der Waals surface area contributed by atoms with Crippen molar-refractivity contribution in [3.05, 3.63) is 0 Å². The number of nitrogens with zero attached hydrogens (tertiary/aromatic N) is 1. The third-order valence-corrected chi connectivity index (χ3v) is 4.28. The summed E-state index contributed by atoms with van der Waals surface area (Å²) in [6.07, 6.45) is 9.65. The normalized spacial score (nSPS) is 23.8. The summed E-state index contributed by atoms with van der Waals surface area (Å²) in [5, 5.41) is 3.70. The lowest BCUT2D eigenvalue weighted by molar-refractivity contribution is 0.179. The van der Waals surface area contributed by atoms with E-state index in [1.54, 1.807) is 0 Å². The second kappa shape index (κ2) is 8.93. The van der Waals surface area contributed by atoms with E-state index in [4.69, 9.17) is 0 Å². The van der Waals surface area contributed by atoms with Crippen LogP contribution in [0.3, 0.4) is 0 Å². The summed E-state index contributed by atoms with van der Waals surface area (Å²) in [6.45, 7) is 8.32. The predicted octanol–water partition coefficient (Wildman–Crippen LogP) is 3.28. The van der Waals surface area contributed by atoms with E-state index >= 15 is 0 Å². The summed E-state index contributed by atoms with van der Waals surface area (Å²) < 4.78 is 0. The average Bonchev–Trinajstić information content (AvgIpc) is 2.35. The molecule has 0 aromatic rings. The van der Waals surface area contributed by atoms with E-state index in [0.717, 1.165) is 12.0 Å². The van der Waals surface area contributed by atoms with Crippen LogP contribution in [0.4, 0.5) is 0 Å². The summed E-state index contributed by atoms with van der Waals surface area (Å²) in [6, 6.07) is 0.785. The molecule has 1 rings (SSSR count).